The molecular formula is C37H30N2O6. The van der Waals surface area contributed by atoms with E-state index in [0.29, 0.717) is 23.7 Å². The molecule has 0 spiro atoms. The Hall–Kier alpha value is -5.24. The van der Waals surface area contributed by atoms with Gasteiger partial charge in [0.15, 0.2) is 0 Å². The van der Waals surface area contributed by atoms with E-state index in [1.165, 1.54) is 4.90 Å². The molecule has 2 heterocycles. The maximum absolute atomic E-state index is 14.1. The number of ether oxygens (including phenoxy) is 2. The molecule has 224 valence electrons. The van der Waals surface area contributed by atoms with Gasteiger partial charge in [0.1, 0.15) is 11.5 Å². The summed E-state index contributed by atoms with van der Waals surface area (Å²) in [5, 5.41) is 0. The van der Waals surface area contributed by atoms with Crippen molar-refractivity contribution in [2.75, 3.05) is 23.0 Å². The number of hydrogen-bond donors (Lipinski definition) is 0. The molecule has 8 heteroatoms. The SMILES string of the molecule is CCOc1ccc(N2C[C@H](C(=O)Oc3cccc(N4C(=O)[C@H]5C6c7ccccc7C(c7ccccc76)[C@@H]5C4=O)c3)CC2=O)cc1. The van der Waals surface area contributed by atoms with Crippen LogP contribution in [-0.4, -0.2) is 36.8 Å². The summed E-state index contributed by atoms with van der Waals surface area (Å²) in [5.74, 6) is -2.31. The predicted octanol–water partition coefficient (Wildman–Crippen LogP) is 5.44. The number of nitrogens with zero attached hydrogens (tertiary/aromatic N) is 2. The van der Waals surface area contributed by atoms with Gasteiger partial charge in [-0.1, -0.05) is 54.6 Å². The summed E-state index contributed by atoms with van der Waals surface area (Å²) in [6, 6.07) is 30.0. The predicted molar refractivity (Wildman–Crippen MR) is 166 cm³/mol. The van der Waals surface area contributed by atoms with Gasteiger partial charge in [0, 0.05) is 36.6 Å². The molecule has 0 saturated carbocycles. The van der Waals surface area contributed by atoms with Crippen molar-refractivity contribution in [1.29, 1.82) is 0 Å². The fraction of sp³-hybridized carbons (Fsp3) is 0.243. The molecule has 3 atom stereocenters. The highest BCUT2D eigenvalue weighted by Crippen LogP contribution is 2.61. The second kappa shape index (κ2) is 10.4. The molecular weight excluding hydrogens is 568 g/mol. The summed E-state index contributed by atoms with van der Waals surface area (Å²) in [6.45, 7) is 2.64. The Kier molecular flexibility index (Phi) is 6.34. The highest BCUT2D eigenvalue weighted by atomic mass is 16.5. The lowest BCUT2D eigenvalue weighted by Gasteiger charge is -2.45. The van der Waals surface area contributed by atoms with E-state index >= 15 is 0 Å². The van der Waals surface area contributed by atoms with Crippen molar-refractivity contribution in [3.05, 3.63) is 119 Å². The lowest BCUT2D eigenvalue weighted by Crippen LogP contribution is -2.41. The number of carbonyl (C=O) groups is 4. The third kappa shape index (κ3) is 4.19. The van der Waals surface area contributed by atoms with Gasteiger partial charge in [0.05, 0.1) is 30.0 Å². The Balaban J connectivity index is 1.03. The first-order valence-corrected chi connectivity index (χ1v) is 15.3. The molecule has 2 aliphatic heterocycles. The first kappa shape index (κ1) is 27.3. The van der Waals surface area contributed by atoms with Gasteiger partial charge in [-0.3, -0.25) is 19.2 Å². The van der Waals surface area contributed by atoms with E-state index in [4.69, 9.17) is 9.47 Å². The van der Waals surface area contributed by atoms with Crippen molar-refractivity contribution >= 4 is 35.1 Å². The Morgan fingerprint density at radius 3 is 1.84 bits per heavy atom. The van der Waals surface area contributed by atoms with Gasteiger partial charge in [0.2, 0.25) is 17.7 Å². The van der Waals surface area contributed by atoms with Gasteiger partial charge in [-0.25, -0.2) is 4.90 Å². The van der Waals surface area contributed by atoms with Crippen LogP contribution in [0.4, 0.5) is 11.4 Å². The van der Waals surface area contributed by atoms with Gasteiger partial charge in [0.25, 0.3) is 0 Å². The zero-order chi connectivity index (χ0) is 30.8. The van der Waals surface area contributed by atoms with E-state index in [0.717, 1.165) is 22.3 Å². The van der Waals surface area contributed by atoms with Crippen molar-refractivity contribution in [2.45, 2.75) is 25.2 Å². The smallest absolute Gasteiger partial charge is 0.316 e. The molecule has 0 unspecified atom stereocenters. The summed E-state index contributed by atoms with van der Waals surface area (Å²) in [5.41, 5.74) is 5.50. The third-order valence-electron chi connectivity index (χ3n) is 9.66. The Bertz CT molecular complexity index is 1770. The van der Waals surface area contributed by atoms with Gasteiger partial charge in [-0.05, 0) is 65.6 Å². The molecule has 5 aliphatic rings. The third-order valence-corrected chi connectivity index (χ3v) is 9.66. The minimum Gasteiger partial charge on any atom is -0.494 e. The molecule has 3 amide bonds. The van der Waals surface area contributed by atoms with Crippen LogP contribution in [0.2, 0.25) is 0 Å². The zero-order valence-electron chi connectivity index (χ0n) is 24.6. The largest absolute Gasteiger partial charge is 0.494 e. The van der Waals surface area contributed by atoms with Gasteiger partial charge in [-0.15, -0.1) is 0 Å². The van der Waals surface area contributed by atoms with E-state index < -0.39 is 23.7 Å². The minimum atomic E-state index is -0.654. The fourth-order valence-electron chi connectivity index (χ4n) is 7.82. The molecule has 4 aromatic carbocycles. The lowest BCUT2D eigenvalue weighted by molar-refractivity contribution is -0.139. The number of imide groups is 1. The van der Waals surface area contributed by atoms with Gasteiger partial charge < -0.3 is 14.4 Å². The normalized spacial score (nSPS) is 24.4. The van der Waals surface area contributed by atoms with Crippen molar-refractivity contribution in [3.63, 3.8) is 0 Å². The number of amides is 3. The topological polar surface area (TPSA) is 93.2 Å². The van der Waals surface area contributed by atoms with Crippen molar-refractivity contribution < 1.29 is 28.7 Å². The van der Waals surface area contributed by atoms with E-state index in [1.54, 1.807) is 53.4 Å². The monoisotopic (exact) mass is 598 g/mol. The molecule has 45 heavy (non-hydrogen) atoms. The van der Waals surface area contributed by atoms with E-state index in [1.807, 2.05) is 31.2 Å². The van der Waals surface area contributed by atoms with Crippen LogP contribution in [0.3, 0.4) is 0 Å². The minimum absolute atomic E-state index is 0.0298. The summed E-state index contributed by atoms with van der Waals surface area (Å²) < 4.78 is 11.2. The fourth-order valence-corrected chi connectivity index (χ4v) is 7.82. The van der Waals surface area contributed by atoms with Gasteiger partial charge >= 0.3 is 5.97 Å². The van der Waals surface area contributed by atoms with E-state index in [-0.39, 0.29) is 48.3 Å². The van der Waals surface area contributed by atoms with Crippen LogP contribution in [0.25, 0.3) is 0 Å². The van der Waals surface area contributed by atoms with Crippen LogP contribution in [0.1, 0.15) is 47.4 Å². The maximum Gasteiger partial charge on any atom is 0.316 e. The first-order valence-electron chi connectivity index (χ1n) is 15.3. The Morgan fingerprint density at radius 2 is 1.29 bits per heavy atom. The molecule has 0 N–H and O–H groups in total. The summed E-state index contributed by atoms with van der Waals surface area (Å²) in [6.07, 6.45) is 0.0298. The summed E-state index contributed by atoms with van der Waals surface area (Å²) in [4.78, 5) is 57.1. The summed E-state index contributed by atoms with van der Waals surface area (Å²) in [7, 11) is 0. The Labute approximate surface area is 260 Å². The summed E-state index contributed by atoms with van der Waals surface area (Å²) >= 11 is 0. The zero-order valence-corrected chi connectivity index (χ0v) is 24.6. The maximum atomic E-state index is 14.1. The molecule has 0 aromatic heterocycles. The second-order valence-electron chi connectivity index (χ2n) is 12.0. The molecule has 9 rings (SSSR count). The number of rotatable bonds is 6. The van der Waals surface area contributed by atoms with Crippen molar-refractivity contribution in [2.24, 2.45) is 17.8 Å². The molecule has 2 fully saturated rings. The Morgan fingerprint density at radius 1 is 0.711 bits per heavy atom. The standard InChI is InChI=1S/C37H30N2O6/c1-2-44-24-16-14-22(15-17-24)38-20-21(18-30(38)40)37(43)45-25-9-7-8-23(19-25)39-35(41)33-31-26-10-3-4-11-27(26)32(34(33)36(39)42)29-13-6-5-12-28(29)31/h3-17,19,21,31-34H,2,18,20H2,1H3/t21-,31?,32?,33+,34+/m1/s1. The highest BCUT2D eigenvalue weighted by molar-refractivity contribution is 6.23. The average molecular weight is 599 g/mol. The number of benzene rings is 4. The van der Waals surface area contributed by atoms with Crippen LogP contribution >= 0.6 is 0 Å². The number of hydrogen-bond acceptors (Lipinski definition) is 6. The van der Waals surface area contributed by atoms with E-state index in [2.05, 4.69) is 24.3 Å². The molecule has 0 radical (unpaired) electrons. The van der Waals surface area contributed by atoms with Crippen LogP contribution in [0.5, 0.6) is 11.5 Å². The van der Waals surface area contributed by atoms with Crippen LogP contribution in [-0.2, 0) is 19.2 Å². The molecule has 4 aromatic rings. The number of carbonyl (C=O) groups excluding carboxylic acids is 4. The highest BCUT2D eigenvalue weighted by Gasteiger charge is 2.61. The van der Waals surface area contributed by atoms with Crippen LogP contribution in [0, 0.1) is 17.8 Å². The number of anilines is 2. The van der Waals surface area contributed by atoms with Crippen LogP contribution < -0.4 is 19.3 Å². The first-order chi connectivity index (χ1) is 21.9. The second-order valence-corrected chi connectivity index (χ2v) is 12.0. The lowest BCUT2D eigenvalue weighted by atomic mass is 9.55. The molecule has 8 nitrogen and oxygen atoms in total. The molecule has 3 aliphatic carbocycles. The molecule has 2 saturated heterocycles. The quantitative estimate of drug-likeness (QED) is 0.167. The van der Waals surface area contributed by atoms with Crippen molar-refractivity contribution in [1.82, 2.24) is 0 Å². The van der Waals surface area contributed by atoms with Crippen molar-refractivity contribution in [3.8, 4) is 11.5 Å². The average Bonchev–Trinajstić information content (AvgIpc) is 3.58. The van der Waals surface area contributed by atoms with Crippen LogP contribution in [0.15, 0.2) is 97.1 Å². The van der Waals surface area contributed by atoms with E-state index in [9.17, 15) is 19.2 Å². The van der Waals surface area contributed by atoms with Gasteiger partial charge in [-0.2, -0.15) is 0 Å². The molecule has 2 bridgehead atoms. The number of esters is 1.